The second-order valence-electron chi connectivity index (χ2n) is 5.52. The zero-order chi connectivity index (χ0) is 16.6. The van der Waals surface area contributed by atoms with Crippen molar-refractivity contribution in [2.24, 2.45) is 11.7 Å². The number of sulfonamides is 1. The van der Waals surface area contributed by atoms with Gasteiger partial charge in [-0.2, -0.15) is 4.31 Å². The highest BCUT2D eigenvalue weighted by Crippen LogP contribution is 2.40. The van der Waals surface area contributed by atoms with Gasteiger partial charge in [-0.3, -0.25) is 0 Å². The van der Waals surface area contributed by atoms with Gasteiger partial charge in [-0.1, -0.05) is 53.5 Å². The molecule has 1 aromatic carbocycles. The van der Waals surface area contributed by atoms with Gasteiger partial charge < -0.3 is 5.73 Å². The van der Waals surface area contributed by atoms with Crippen LogP contribution in [-0.2, 0) is 10.0 Å². The highest BCUT2D eigenvalue weighted by atomic mass is 35.5. The molecule has 1 fully saturated rings. The first-order valence-electron chi connectivity index (χ1n) is 7.13. The summed E-state index contributed by atoms with van der Waals surface area (Å²) in [4.78, 5) is 0.0821. The smallest absolute Gasteiger partial charge is 0.245 e. The molecule has 23 heavy (non-hydrogen) atoms. The Labute approximate surface area is 149 Å². The molecule has 3 rings (SSSR count). The van der Waals surface area contributed by atoms with E-state index in [4.69, 9.17) is 28.9 Å². The van der Waals surface area contributed by atoms with Crippen LogP contribution in [0.25, 0.3) is 0 Å². The lowest BCUT2D eigenvalue weighted by Gasteiger charge is -2.16. The fraction of sp³-hybridized carbons (Fsp3) is 0.333. The third-order valence-electron chi connectivity index (χ3n) is 4.18. The molecule has 2 aromatic rings. The number of nitrogens with zero attached hydrogens (tertiary/aromatic N) is 1. The van der Waals surface area contributed by atoms with Gasteiger partial charge in [0.05, 0.1) is 4.34 Å². The molecule has 0 spiro atoms. The summed E-state index contributed by atoms with van der Waals surface area (Å²) >= 11 is 13.0. The van der Waals surface area contributed by atoms with Crippen molar-refractivity contribution >= 4 is 44.6 Å². The van der Waals surface area contributed by atoms with E-state index in [9.17, 15) is 8.42 Å². The Hall–Kier alpha value is -0.630. The summed E-state index contributed by atoms with van der Waals surface area (Å²) < 4.78 is 27.7. The predicted molar refractivity (Wildman–Crippen MR) is 94.8 cm³/mol. The van der Waals surface area contributed by atoms with Crippen molar-refractivity contribution in [1.29, 1.82) is 0 Å². The number of hydrogen-bond acceptors (Lipinski definition) is 4. The molecule has 4 nitrogen and oxygen atoms in total. The minimum Gasteiger partial charge on any atom is -0.330 e. The maximum atomic E-state index is 12.9. The third-order valence-corrected chi connectivity index (χ3v) is 7.77. The molecule has 124 valence electrons. The van der Waals surface area contributed by atoms with Gasteiger partial charge >= 0.3 is 0 Å². The van der Waals surface area contributed by atoms with Gasteiger partial charge in [0.15, 0.2) is 0 Å². The molecule has 2 N–H and O–H groups in total. The van der Waals surface area contributed by atoms with E-state index < -0.39 is 10.0 Å². The van der Waals surface area contributed by atoms with Crippen LogP contribution < -0.4 is 5.73 Å². The quantitative estimate of drug-likeness (QED) is 0.869. The summed E-state index contributed by atoms with van der Waals surface area (Å²) in [7, 11) is -3.66. The molecule has 0 aliphatic carbocycles. The van der Waals surface area contributed by atoms with Crippen molar-refractivity contribution in [2.45, 2.75) is 10.8 Å². The zero-order valence-electron chi connectivity index (χ0n) is 12.2. The van der Waals surface area contributed by atoms with Gasteiger partial charge in [0.25, 0.3) is 0 Å². The van der Waals surface area contributed by atoms with E-state index in [1.807, 2.05) is 30.3 Å². The number of thiophene rings is 1. The number of nitrogens with two attached hydrogens (primary N) is 1. The van der Waals surface area contributed by atoms with Gasteiger partial charge in [-0.05, 0) is 24.1 Å². The molecule has 0 bridgehead atoms. The first kappa shape index (κ1) is 17.2. The van der Waals surface area contributed by atoms with E-state index in [2.05, 4.69) is 0 Å². The van der Waals surface area contributed by atoms with Crippen LogP contribution in [0, 0.1) is 5.92 Å². The molecule has 8 heteroatoms. The molecule has 0 saturated carbocycles. The number of rotatable bonds is 4. The molecular formula is C15H16Cl2N2O2S2. The summed E-state index contributed by atoms with van der Waals surface area (Å²) in [5.41, 5.74) is 6.98. The fourth-order valence-electron chi connectivity index (χ4n) is 2.98. The summed E-state index contributed by atoms with van der Waals surface area (Å²) in [6.07, 6.45) is 0. The normalized spacial score (nSPS) is 22.6. The lowest BCUT2D eigenvalue weighted by molar-refractivity contribution is 0.459. The molecule has 1 aliphatic heterocycles. The largest absolute Gasteiger partial charge is 0.330 e. The van der Waals surface area contributed by atoms with Gasteiger partial charge in [0.1, 0.15) is 9.23 Å². The van der Waals surface area contributed by atoms with Crippen LogP contribution in [0.5, 0.6) is 0 Å². The Morgan fingerprint density at radius 3 is 2.48 bits per heavy atom. The topological polar surface area (TPSA) is 63.4 Å². The van der Waals surface area contributed by atoms with Crippen LogP contribution in [-0.4, -0.2) is 32.4 Å². The van der Waals surface area contributed by atoms with Gasteiger partial charge in [-0.25, -0.2) is 8.42 Å². The summed E-state index contributed by atoms with van der Waals surface area (Å²) in [5, 5.41) is 0. The van der Waals surface area contributed by atoms with E-state index in [0.29, 0.717) is 24.0 Å². The molecule has 0 unspecified atom stereocenters. The Morgan fingerprint density at radius 1 is 1.22 bits per heavy atom. The standard InChI is InChI=1S/C15H16Cl2N2O2S2/c16-14-6-13(15(17)22-14)23(20,21)19-8-11(7-18)12(9-19)10-4-2-1-3-5-10/h1-6,11-12H,7-9,18H2/t11-,12+/m1/s1. The average molecular weight is 391 g/mol. The van der Waals surface area contributed by atoms with Crippen molar-refractivity contribution in [1.82, 2.24) is 4.31 Å². The van der Waals surface area contributed by atoms with E-state index in [1.165, 1.54) is 10.4 Å². The molecule has 1 aliphatic rings. The van der Waals surface area contributed by atoms with Crippen LogP contribution in [0.15, 0.2) is 41.3 Å². The van der Waals surface area contributed by atoms with E-state index >= 15 is 0 Å². The Bertz CT molecular complexity index is 793. The SMILES string of the molecule is NC[C@@H]1CN(S(=O)(=O)c2cc(Cl)sc2Cl)C[C@H]1c1ccccc1. The Kier molecular flexibility index (Phi) is 5.01. The Balaban J connectivity index is 1.92. The second kappa shape index (κ2) is 6.70. The van der Waals surface area contributed by atoms with Crippen LogP contribution in [0.2, 0.25) is 8.67 Å². The first-order chi connectivity index (χ1) is 10.9. The highest BCUT2D eigenvalue weighted by molar-refractivity contribution is 7.89. The molecule has 1 saturated heterocycles. The van der Waals surface area contributed by atoms with Crippen LogP contribution in [0.4, 0.5) is 0 Å². The number of halogens is 2. The van der Waals surface area contributed by atoms with Crippen molar-refractivity contribution < 1.29 is 8.42 Å². The van der Waals surface area contributed by atoms with Crippen molar-refractivity contribution in [2.75, 3.05) is 19.6 Å². The number of benzene rings is 1. The summed E-state index contributed by atoms with van der Waals surface area (Å²) in [5.74, 6) is 0.170. The molecule has 2 atom stereocenters. The van der Waals surface area contributed by atoms with Crippen molar-refractivity contribution in [3.63, 3.8) is 0 Å². The predicted octanol–water partition coefficient (Wildman–Crippen LogP) is 3.42. The third kappa shape index (κ3) is 3.29. The van der Waals surface area contributed by atoms with Crippen LogP contribution in [0.1, 0.15) is 11.5 Å². The fourth-order valence-corrected chi connectivity index (χ4v) is 6.62. The average Bonchev–Trinajstić information content (AvgIpc) is 3.12. The van der Waals surface area contributed by atoms with Gasteiger partial charge in [-0.15, -0.1) is 11.3 Å². The minimum atomic E-state index is -3.66. The second-order valence-corrected chi connectivity index (χ2v) is 9.72. The van der Waals surface area contributed by atoms with E-state index in [-0.39, 0.29) is 21.1 Å². The highest BCUT2D eigenvalue weighted by Gasteiger charge is 2.40. The first-order valence-corrected chi connectivity index (χ1v) is 10.1. The van der Waals surface area contributed by atoms with Crippen LogP contribution in [0.3, 0.4) is 0 Å². The monoisotopic (exact) mass is 390 g/mol. The van der Waals surface area contributed by atoms with Crippen molar-refractivity contribution in [3.05, 3.63) is 50.6 Å². The zero-order valence-corrected chi connectivity index (χ0v) is 15.3. The molecule has 0 amide bonds. The van der Waals surface area contributed by atoms with E-state index in [0.717, 1.165) is 16.9 Å². The lowest BCUT2D eigenvalue weighted by Crippen LogP contribution is -2.29. The Morgan fingerprint density at radius 2 is 1.91 bits per heavy atom. The molecule has 1 aromatic heterocycles. The maximum absolute atomic E-state index is 12.9. The van der Waals surface area contributed by atoms with Gasteiger partial charge in [0.2, 0.25) is 10.0 Å². The maximum Gasteiger partial charge on any atom is 0.245 e. The summed E-state index contributed by atoms with van der Waals surface area (Å²) in [6.45, 7) is 1.23. The lowest BCUT2D eigenvalue weighted by atomic mass is 9.89. The molecule has 0 radical (unpaired) electrons. The van der Waals surface area contributed by atoms with Crippen molar-refractivity contribution in [3.8, 4) is 0 Å². The van der Waals surface area contributed by atoms with Gasteiger partial charge in [0, 0.05) is 19.0 Å². The number of hydrogen-bond donors (Lipinski definition) is 1. The molecule has 2 heterocycles. The van der Waals surface area contributed by atoms with E-state index in [1.54, 1.807) is 0 Å². The van der Waals surface area contributed by atoms with Crippen LogP contribution >= 0.6 is 34.5 Å². The summed E-state index contributed by atoms with van der Waals surface area (Å²) in [6, 6.07) is 11.3. The molecular weight excluding hydrogens is 375 g/mol. The minimum absolute atomic E-state index is 0.0821.